The minimum atomic E-state index is 2.00. The molecule has 0 amide bonds. The largest absolute Gasteiger partial charge is 0.0683 e. The van der Waals surface area contributed by atoms with E-state index in [0.717, 1.165) is 0 Å². The summed E-state index contributed by atoms with van der Waals surface area (Å²) in [5.74, 6) is 0. The Labute approximate surface area is 455 Å². The summed E-state index contributed by atoms with van der Waals surface area (Å²) in [5, 5.41) is 0. The summed E-state index contributed by atoms with van der Waals surface area (Å²) in [6.07, 6.45) is 0. The van der Waals surface area contributed by atoms with Crippen LogP contribution in [0.25, 0.3) is 0 Å². The third-order valence-electron chi connectivity index (χ3n) is 0. The van der Waals surface area contributed by atoms with E-state index in [1.807, 2.05) is 457 Å². The molecule has 0 aliphatic heterocycles. The van der Waals surface area contributed by atoms with Crippen LogP contribution in [0.3, 0.4) is 0 Å². The molecule has 0 aromatic rings. The highest BCUT2D eigenvalue weighted by Gasteiger charge is 0.996. The number of hydrogen-bond donors (Lipinski definition) is 0. The molecule has 0 heteroatoms. The molecular formula is C66H198. The molecule has 0 aromatic carbocycles. The summed E-state index contributed by atoms with van der Waals surface area (Å²) >= 11 is 0. The van der Waals surface area contributed by atoms with Gasteiger partial charge in [0.15, 0.2) is 0 Å². The first-order valence-electron chi connectivity index (χ1n) is 33.0. The van der Waals surface area contributed by atoms with Crippen LogP contribution < -0.4 is 0 Å². The molecular weight excluding hydrogens is 793 g/mol. The standard InChI is InChI=1S/33C2H6/c33*1-2/h33*1-2H3. The molecule has 0 nitrogen and oxygen atoms in total. The van der Waals surface area contributed by atoms with E-state index >= 15 is 0 Å². The Hall–Kier alpha value is 0. The quantitative estimate of drug-likeness (QED) is 0.227. The van der Waals surface area contributed by atoms with Crippen molar-refractivity contribution in [1.82, 2.24) is 0 Å². The smallest absolute Gasteiger partial charge is 0.0683 e. The monoisotopic (exact) mass is 992 g/mol. The summed E-state index contributed by atoms with van der Waals surface area (Å²) in [4.78, 5) is 0. The highest BCUT2D eigenvalue weighted by molar-refractivity contribution is 3.57. The maximum absolute atomic E-state index is 2.00. The zero-order valence-corrected chi connectivity index (χ0v) is 66.0. The molecule has 0 fully saturated rings. The molecule has 0 radical (unpaired) electrons. The summed E-state index contributed by atoms with van der Waals surface area (Å²) in [6, 6.07) is 0. The Balaban J connectivity index is -0.00000000549. The first-order valence-corrected chi connectivity index (χ1v) is 33.0. The van der Waals surface area contributed by atoms with Crippen LogP contribution in [-0.4, -0.2) is 0 Å². The molecule has 0 rings (SSSR count). The molecule has 0 N–H and O–H groups in total. The molecule has 0 aromatic heterocycles. The first kappa shape index (κ1) is 256. The maximum Gasteiger partial charge on any atom is -0.0683 e. The molecule has 0 aliphatic carbocycles. The van der Waals surface area contributed by atoms with Crippen molar-refractivity contribution < 1.29 is 0 Å². The second kappa shape index (κ2) is 0. The van der Waals surface area contributed by atoms with Crippen molar-refractivity contribution in [2.75, 3.05) is 0 Å². The van der Waals surface area contributed by atoms with E-state index in [2.05, 4.69) is 0 Å². The first-order chi connectivity index (χ1) is 33.0. The van der Waals surface area contributed by atoms with E-state index in [4.69, 9.17) is 0 Å². The second-order valence-corrected chi connectivity index (χ2v) is 0. The van der Waals surface area contributed by atoms with Crippen molar-refractivity contribution in [2.24, 2.45) is 0 Å². The summed E-state index contributed by atoms with van der Waals surface area (Å²) in [7, 11) is 0. The summed E-state index contributed by atoms with van der Waals surface area (Å²) in [6.45, 7) is 132. The van der Waals surface area contributed by atoms with Crippen molar-refractivity contribution in [1.29, 1.82) is 0 Å². The minimum Gasteiger partial charge on any atom is -0.0683 e. The normalized spacial score (nSPS) is 3.00. The van der Waals surface area contributed by atoms with Gasteiger partial charge in [0, 0.05) is 0 Å². The highest BCUT2D eigenvalue weighted by atomic mass is 13.1. The van der Waals surface area contributed by atoms with E-state index in [9.17, 15) is 0 Å². The second-order valence-electron chi connectivity index (χ2n) is 0. The maximum atomic E-state index is 2.00. The molecule has 0 spiro atoms. The molecule has 0 aliphatic rings. The average molecular weight is 992 g/mol. The van der Waals surface area contributed by atoms with E-state index in [1.165, 1.54) is 0 Å². The Morgan fingerprint density at radius 1 is 0.0303 bits per heavy atom. The fraction of sp³-hybridized carbons (Fsp3) is 1.00. The van der Waals surface area contributed by atoms with Crippen molar-refractivity contribution >= 4 is 0 Å². The predicted molar refractivity (Wildman–Crippen MR) is 374 cm³/mol. The summed E-state index contributed by atoms with van der Waals surface area (Å²) in [5.41, 5.74) is 0. The lowest BCUT2D eigenvalue weighted by Crippen LogP contribution is -0.856. The molecule has 0 saturated carbocycles. The van der Waals surface area contributed by atoms with Crippen LogP contribution in [0.1, 0.15) is 457 Å². The van der Waals surface area contributed by atoms with Gasteiger partial charge in [-0.3, -0.25) is 0 Å². The predicted octanol–water partition coefficient (Wildman–Crippen LogP) is 33.9. The van der Waals surface area contributed by atoms with Gasteiger partial charge < -0.3 is 0 Å². The molecule has 66 heavy (non-hydrogen) atoms. The average Bonchev–Trinajstić information content (AvgIpc) is 3.57. The lowest BCUT2D eigenvalue weighted by molar-refractivity contribution is 1.50. The van der Waals surface area contributed by atoms with Gasteiger partial charge >= 0.3 is 0 Å². The van der Waals surface area contributed by atoms with Crippen LogP contribution in [0.2, 0.25) is 0 Å². The van der Waals surface area contributed by atoms with Crippen molar-refractivity contribution in [3.8, 4) is 0 Å². The molecule has 0 atom stereocenters. The highest BCUT2D eigenvalue weighted by Crippen LogP contribution is 1.21. The fourth-order valence-corrected chi connectivity index (χ4v) is 0. The van der Waals surface area contributed by atoms with Crippen LogP contribution in [-0.2, 0) is 0 Å². The Morgan fingerprint density at radius 2 is 0.0303 bits per heavy atom. The van der Waals surface area contributed by atoms with Crippen LogP contribution >= 0.6 is 0 Å². The molecule has 462 valence electrons. The molecule has 0 saturated heterocycles. The third kappa shape index (κ3) is 0. The van der Waals surface area contributed by atoms with Crippen molar-refractivity contribution in [2.45, 2.75) is 457 Å². The SMILES string of the molecule is CC.CC.CC.CC.CC.CC.CC.CC.CC.CC.CC.CC.CC.CC.CC.CC.CC.CC.CC.CC.CC.CC.CC.CC.CC.CC.CC.CC.CC.CC.CC.CC.CC. The van der Waals surface area contributed by atoms with Gasteiger partial charge in [0.1, 0.15) is 0 Å². The molecule has 0 heterocycles. The van der Waals surface area contributed by atoms with Crippen molar-refractivity contribution in [3.05, 3.63) is 0 Å². The Morgan fingerprint density at radius 3 is 0.0303 bits per heavy atom. The van der Waals surface area contributed by atoms with Gasteiger partial charge in [-0.15, -0.1) is 0 Å². The van der Waals surface area contributed by atoms with Crippen LogP contribution in [0.5, 0.6) is 0 Å². The van der Waals surface area contributed by atoms with Gasteiger partial charge in [-0.25, -0.2) is 0 Å². The summed E-state index contributed by atoms with van der Waals surface area (Å²) < 4.78 is 0. The number of rotatable bonds is 0. The lowest BCUT2D eigenvalue weighted by atomic mass is 11.0. The zero-order valence-electron chi connectivity index (χ0n) is 66.0. The van der Waals surface area contributed by atoms with Crippen LogP contribution in [0.15, 0.2) is 0 Å². The van der Waals surface area contributed by atoms with Gasteiger partial charge in [0.05, 0.1) is 0 Å². The van der Waals surface area contributed by atoms with Gasteiger partial charge in [0.25, 0.3) is 0 Å². The van der Waals surface area contributed by atoms with E-state index < -0.39 is 0 Å². The van der Waals surface area contributed by atoms with E-state index in [0.29, 0.717) is 0 Å². The van der Waals surface area contributed by atoms with Crippen molar-refractivity contribution in [3.63, 3.8) is 0 Å². The topological polar surface area (TPSA) is 0 Å². The van der Waals surface area contributed by atoms with Gasteiger partial charge in [-0.05, 0) is 0 Å². The number of hydrogen-bond acceptors (Lipinski definition) is 0. The molecule has 0 unspecified atom stereocenters. The van der Waals surface area contributed by atoms with Crippen LogP contribution in [0, 0.1) is 0 Å². The van der Waals surface area contributed by atoms with E-state index in [-0.39, 0.29) is 0 Å². The third-order valence-corrected chi connectivity index (χ3v) is 0. The Bertz CT molecular complexity index is 0. The minimum absolute atomic E-state index is 2.00. The zero-order chi connectivity index (χ0) is 66.0. The van der Waals surface area contributed by atoms with Gasteiger partial charge in [0.2, 0.25) is 0 Å². The van der Waals surface area contributed by atoms with Gasteiger partial charge in [-0.1, -0.05) is 457 Å². The van der Waals surface area contributed by atoms with Gasteiger partial charge in [-0.2, -0.15) is 0 Å². The fourth-order valence-electron chi connectivity index (χ4n) is 0. The van der Waals surface area contributed by atoms with Crippen LogP contribution in [0.4, 0.5) is 0 Å². The Kier molecular flexibility index (Phi) is 0. The molecule has 0 bridgehead atoms. The van der Waals surface area contributed by atoms with E-state index in [1.54, 1.807) is 0 Å². The lowest BCUT2D eigenvalue weighted by Gasteiger charge is -1.07.